The zero-order chi connectivity index (χ0) is 14.8. The molecule has 0 unspecified atom stereocenters. The molecular weight excluding hydrogens is 248 g/mol. The molecule has 20 heavy (non-hydrogen) atoms. The first-order chi connectivity index (χ1) is 9.50. The molecule has 2 rings (SSSR count). The molecule has 1 saturated heterocycles. The van der Waals surface area contributed by atoms with Gasteiger partial charge in [-0.2, -0.15) is 0 Å². The number of nitrogens with two attached hydrogens (primary N) is 1. The summed E-state index contributed by atoms with van der Waals surface area (Å²) in [7, 11) is 1.72. The van der Waals surface area contributed by atoms with Crippen molar-refractivity contribution in [2.24, 2.45) is 11.1 Å². The summed E-state index contributed by atoms with van der Waals surface area (Å²) in [6, 6.07) is 6.23. The minimum atomic E-state index is -0.0133. The van der Waals surface area contributed by atoms with Crippen LogP contribution < -0.4 is 15.4 Å². The third kappa shape index (κ3) is 2.93. The van der Waals surface area contributed by atoms with E-state index in [-0.39, 0.29) is 6.04 Å². The zero-order valence-corrected chi connectivity index (χ0v) is 13.3. The number of methoxy groups -OCH3 is 1. The Kier molecular flexibility index (Phi) is 4.59. The standard InChI is InChI=1S/C17H28N2O/c1-5-17(3)9-11-19(12-10-17)14-7-6-8-15(20-4)16(14)13(2)18/h6-8,13H,5,9-12,18H2,1-4H3/t13-/m1/s1. The lowest BCUT2D eigenvalue weighted by molar-refractivity contribution is 0.238. The highest BCUT2D eigenvalue weighted by Crippen LogP contribution is 2.39. The fraction of sp³-hybridized carbons (Fsp3) is 0.647. The quantitative estimate of drug-likeness (QED) is 0.910. The fourth-order valence-corrected chi connectivity index (χ4v) is 3.08. The molecule has 0 aromatic heterocycles. The lowest BCUT2D eigenvalue weighted by Crippen LogP contribution is -2.39. The van der Waals surface area contributed by atoms with Gasteiger partial charge in [-0.15, -0.1) is 0 Å². The van der Waals surface area contributed by atoms with Gasteiger partial charge in [0.2, 0.25) is 0 Å². The van der Waals surface area contributed by atoms with Crippen molar-refractivity contribution in [2.75, 3.05) is 25.1 Å². The molecule has 1 fully saturated rings. The molecule has 2 N–H and O–H groups in total. The Morgan fingerprint density at radius 1 is 1.35 bits per heavy atom. The first kappa shape index (κ1) is 15.2. The van der Waals surface area contributed by atoms with Gasteiger partial charge in [0.1, 0.15) is 5.75 Å². The predicted molar refractivity (Wildman–Crippen MR) is 85.4 cm³/mol. The van der Waals surface area contributed by atoms with Gasteiger partial charge in [-0.3, -0.25) is 0 Å². The van der Waals surface area contributed by atoms with Crippen molar-refractivity contribution in [2.45, 2.75) is 46.1 Å². The van der Waals surface area contributed by atoms with Crippen molar-refractivity contribution in [1.82, 2.24) is 0 Å². The van der Waals surface area contributed by atoms with E-state index in [2.05, 4.69) is 30.9 Å². The molecule has 1 heterocycles. The number of nitrogens with zero attached hydrogens (tertiary/aromatic N) is 1. The Balaban J connectivity index is 2.26. The minimum absolute atomic E-state index is 0.0133. The molecular formula is C17H28N2O. The molecule has 1 aliphatic rings. The molecule has 3 nitrogen and oxygen atoms in total. The van der Waals surface area contributed by atoms with E-state index >= 15 is 0 Å². The summed E-state index contributed by atoms with van der Waals surface area (Å²) in [5, 5.41) is 0. The number of hydrogen-bond acceptors (Lipinski definition) is 3. The molecule has 1 aromatic rings. The van der Waals surface area contributed by atoms with Gasteiger partial charge in [-0.25, -0.2) is 0 Å². The Bertz CT molecular complexity index is 448. The number of piperidine rings is 1. The van der Waals surface area contributed by atoms with Crippen LogP contribution in [0.5, 0.6) is 5.75 Å². The van der Waals surface area contributed by atoms with Crippen LogP contribution in [0.1, 0.15) is 51.6 Å². The highest BCUT2D eigenvalue weighted by molar-refractivity contribution is 5.61. The molecule has 1 aliphatic heterocycles. The van der Waals surface area contributed by atoms with E-state index in [1.165, 1.54) is 24.9 Å². The fourth-order valence-electron chi connectivity index (χ4n) is 3.08. The van der Waals surface area contributed by atoms with Gasteiger partial charge in [0.25, 0.3) is 0 Å². The number of rotatable bonds is 4. The highest BCUT2D eigenvalue weighted by atomic mass is 16.5. The van der Waals surface area contributed by atoms with Crippen LogP contribution >= 0.6 is 0 Å². The van der Waals surface area contributed by atoms with Crippen molar-refractivity contribution >= 4 is 5.69 Å². The largest absolute Gasteiger partial charge is 0.496 e. The van der Waals surface area contributed by atoms with E-state index in [0.717, 1.165) is 24.4 Å². The summed E-state index contributed by atoms with van der Waals surface area (Å²) in [5.74, 6) is 0.904. The molecule has 1 atom stereocenters. The van der Waals surface area contributed by atoms with E-state index in [1.54, 1.807) is 7.11 Å². The highest BCUT2D eigenvalue weighted by Gasteiger charge is 2.29. The monoisotopic (exact) mass is 276 g/mol. The third-order valence-corrected chi connectivity index (χ3v) is 4.88. The molecule has 0 spiro atoms. The first-order valence-corrected chi connectivity index (χ1v) is 7.68. The van der Waals surface area contributed by atoms with Crippen LogP contribution in [0.25, 0.3) is 0 Å². The average molecular weight is 276 g/mol. The van der Waals surface area contributed by atoms with Crippen molar-refractivity contribution < 1.29 is 4.74 Å². The molecule has 0 radical (unpaired) electrons. The molecule has 0 amide bonds. The van der Waals surface area contributed by atoms with Gasteiger partial charge >= 0.3 is 0 Å². The van der Waals surface area contributed by atoms with Gasteiger partial charge < -0.3 is 15.4 Å². The van der Waals surface area contributed by atoms with Crippen LogP contribution in [0.2, 0.25) is 0 Å². The molecule has 0 aliphatic carbocycles. The summed E-state index contributed by atoms with van der Waals surface area (Å²) in [6.07, 6.45) is 3.76. The molecule has 0 bridgehead atoms. The third-order valence-electron chi connectivity index (χ3n) is 4.88. The van der Waals surface area contributed by atoms with E-state index in [0.29, 0.717) is 5.41 Å². The maximum absolute atomic E-state index is 6.17. The molecule has 112 valence electrons. The minimum Gasteiger partial charge on any atom is -0.496 e. The van der Waals surface area contributed by atoms with Gasteiger partial charge in [0, 0.05) is 30.4 Å². The maximum atomic E-state index is 6.17. The Hall–Kier alpha value is -1.22. The van der Waals surface area contributed by atoms with Crippen molar-refractivity contribution in [3.8, 4) is 5.75 Å². The number of benzene rings is 1. The van der Waals surface area contributed by atoms with E-state index in [9.17, 15) is 0 Å². The SMILES string of the molecule is CCC1(C)CCN(c2cccc(OC)c2[C@@H](C)N)CC1. The van der Waals surface area contributed by atoms with Crippen LogP contribution in [0, 0.1) is 5.41 Å². The first-order valence-electron chi connectivity index (χ1n) is 7.68. The van der Waals surface area contributed by atoms with Crippen LogP contribution in [0.4, 0.5) is 5.69 Å². The summed E-state index contributed by atoms with van der Waals surface area (Å²) in [6.45, 7) is 8.95. The average Bonchev–Trinajstić information content (AvgIpc) is 2.47. The van der Waals surface area contributed by atoms with Crippen molar-refractivity contribution in [3.05, 3.63) is 23.8 Å². The number of ether oxygens (including phenoxy) is 1. The van der Waals surface area contributed by atoms with Crippen molar-refractivity contribution in [1.29, 1.82) is 0 Å². The smallest absolute Gasteiger partial charge is 0.125 e. The predicted octanol–water partition coefficient (Wildman–Crippen LogP) is 3.73. The number of anilines is 1. The van der Waals surface area contributed by atoms with Gasteiger partial charge in [0.15, 0.2) is 0 Å². The normalized spacial score (nSPS) is 19.8. The van der Waals surface area contributed by atoms with Crippen LogP contribution in [0.15, 0.2) is 18.2 Å². The summed E-state index contributed by atoms with van der Waals surface area (Å²) in [4.78, 5) is 2.47. The lowest BCUT2D eigenvalue weighted by Gasteiger charge is -2.41. The summed E-state index contributed by atoms with van der Waals surface area (Å²) >= 11 is 0. The Morgan fingerprint density at radius 3 is 2.50 bits per heavy atom. The van der Waals surface area contributed by atoms with Gasteiger partial charge in [0.05, 0.1) is 7.11 Å². The second kappa shape index (κ2) is 6.04. The van der Waals surface area contributed by atoms with Crippen LogP contribution in [0.3, 0.4) is 0 Å². The van der Waals surface area contributed by atoms with Crippen LogP contribution in [-0.2, 0) is 0 Å². The number of hydrogen-bond donors (Lipinski definition) is 1. The van der Waals surface area contributed by atoms with Gasteiger partial charge in [-0.1, -0.05) is 26.3 Å². The topological polar surface area (TPSA) is 38.5 Å². The maximum Gasteiger partial charge on any atom is 0.125 e. The summed E-state index contributed by atoms with van der Waals surface area (Å²) in [5.41, 5.74) is 9.06. The van der Waals surface area contributed by atoms with E-state index in [4.69, 9.17) is 10.5 Å². The molecule has 1 aromatic carbocycles. The molecule has 3 heteroatoms. The zero-order valence-electron chi connectivity index (χ0n) is 13.3. The second-order valence-electron chi connectivity index (χ2n) is 6.33. The Labute approximate surface area is 123 Å². The molecule has 0 saturated carbocycles. The van der Waals surface area contributed by atoms with E-state index < -0.39 is 0 Å². The summed E-state index contributed by atoms with van der Waals surface area (Å²) < 4.78 is 5.49. The van der Waals surface area contributed by atoms with E-state index in [1.807, 2.05) is 13.0 Å². The Morgan fingerprint density at radius 2 is 2.00 bits per heavy atom. The van der Waals surface area contributed by atoms with Crippen molar-refractivity contribution in [3.63, 3.8) is 0 Å². The lowest BCUT2D eigenvalue weighted by atomic mass is 9.78. The van der Waals surface area contributed by atoms with Gasteiger partial charge in [-0.05, 0) is 37.3 Å². The second-order valence-corrected chi connectivity index (χ2v) is 6.33. The van der Waals surface area contributed by atoms with Crippen LogP contribution in [-0.4, -0.2) is 20.2 Å².